The number of nitrogens with zero attached hydrogens (tertiary/aromatic N) is 1. The Morgan fingerprint density at radius 3 is 2.38 bits per heavy atom. The lowest BCUT2D eigenvalue weighted by atomic mass is 10.0. The maximum Gasteiger partial charge on any atom is 0.242 e. The molecular weight excluding hydrogens is 372 g/mol. The Bertz CT molecular complexity index is 803. The van der Waals surface area contributed by atoms with E-state index in [2.05, 4.69) is 9.62 Å². The van der Waals surface area contributed by atoms with Gasteiger partial charge in [-0.3, -0.25) is 4.90 Å². The van der Waals surface area contributed by atoms with E-state index in [0.29, 0.717) is 32.4 Å². The standard InChI is InChI=1S/C15H21ClN2O4S2/c16-14-3-1-2-4-15(14)24(21,22)17-12-5-8-18(9-6-12)13-7-10-23(19,20)11-13/h1-4,12-13,17H,5-11H2/t13-/m1/s1. The number of sulfonamides is 1. The number of hydrogen-bond donors (Lipinski definition) is 1. The van der Waals surface area contributed by atoms with Crippen molar-refractivity contribution in [2.24, 2.45) is 0 Å². The van der Waals surface area contributed by atoms with Crippen molar-refractivity contribution in [1.29, 1.82) is 0 Å². The number of hydrogen-bond acceptors (Lipinski definition) is 5. The second-order valence-electron chi connectivity index (χ2n) is 6.42. The molecule has 2 saturated heterocycles. The van der Waals surface area contributed by atoms with Crippen LogP contribution in [-0.4, -0.2) is 58.4 Å². The van der Waals surface area contributed by atoms with Crippen molar-refractivity contribution in [2.75, 3.05) is 24.6 Å². The van der Waals surface area contributed by atoms with Crippen LogP contribution in [-0.2, 0) is 19.9 Å². The smallest absolute Gasteiger partial charge is 0.242 e. The molecule has 0 amide bonds. The summed E-state index contributed by atoms with van der Waals surface area (Å²) in [6.07, 6.45) is 2.01. The van der Waals surface area contributed by atoms with Crippen LogP contribution in [0.2, 0.25) is 5.02 Å². The van der Waals surface area contributed by atoms with E-state index in [1.54, 1.807) is 18.2 Å². The molecule has 134 valence electrons. The molecule has 3 rings (SSSR count). The summed E-state index contributed by atoms with van der Waals surface area (Å²) in [6, 6.07) is 6.30. The molecule has 0 aromatic heterocycles. The summed E-state index contributed by atoms with van der Waals surface area (Å²) < 4.78 is 50.8. The third-order valence-electron chi connectivity index (χ3n) is 4.70. The molecule has 2 fully saturated rings. The van der Waals surface area contributed by atoms with Crippen molar-refractivity contribution >= 4 is 31.5 Å². The lowest BCUT2D eigenvalue weighted by Crippen LogP contribution is -2.48. The molecule has 0 bridgehead atoms. The van der Waals surface area contributed by atoms with Crippen molar-refractivity contribution in [3.05, 3.63) is 29.3 Å². The van der Waals surface area contributed by atoms with Crippen LogP contribution in [0.25, 0.3) is 0 Å². The van der Waals surface area contributed by atoms with Crippen LogP contribution in [0.3, 0.4) is 0 Å². The summed E-state index contributed by atoms with van der Waals surface area (Å²) in [7, 11) is -6.54. The van der Waals surface area contributed by atoms with E-state index >= 15 is 0 Å². The Kier molecular flexibility index (Phi) is 5.22. The molecule has 2 aliphatic rings. The number of piperidine rings is 1. The highest BCUT2D eigenvalue weighted by atomic mass is 35.5. The van der Waals surface area contributed by atoms with E-state index in [9.17, 15) is 16.8 Å². The average Bonchev–Trinajstić information content (AvgIpc) is 2.88. The minimum absolute atomic E-state index is 0.0797. The van der Waals surface area contributed by atoms with Crippen LogP contribution in [0.15, 0.2) is 29.2 Å². The second-order valence-corrected chi connectivity index (χ2v) is 10.7. The van der Waals surface area contributed by atoms with Gasteiger partial charge in [0, 0.05) is 12.1 Å². The van der Waals surface area contributed by atoms with Crippen molar-refractivity contribution < 1.29 is 16.8 Å². The molecule has 1 aromatic rings. The van der Waals surface area contributed by atoms with Crippen LogP contribution >= 0.6 is 11.6 Å². The van der Waals surface area contributed by atoms with Gasteiger partial charge >= 0.3 is 0 Å². The van der Waals surface area contributed by atoms with Gasteiger partial charge in [-0.15, -0.1) is 0 Å². The average molecular weight is 393 g/mol. The first-order valence-electron chi connectivity index (χ1n) is 7.98. The summed E-state index contributed by atoms with van der Waals surface area (Å²) in [6.45, 7) is 1.41. The molecular formula is C15H21ClN2O4S2. The lowest BCUT2D eigenvalue weighted by Gasteiger charge is -2.35. The van der Waals surface area contributed by atoms with Gasteiger partial charge in [0.05, 0.1) is 16.5 Å². The normalized spacial score (nSPS) is 25.8. The molecule has 24 heavy (non-hydrogen) atoms. The molecule has 2 aliphatic heterocycles. The van der Waals surface area contributed by atoms with Crippen molar-refractivity contribution in [3.8, 4) is 0 Å². The molecule has 0 aliphatic carbocycles. The molecule has 0 unspecified atom stereocenters. The van der Waals surface area contributed by atoms with Crippen molar-refractivity contribution in [1.82, 2.24) is 9.62 Å². The molecule has 6 nitrogen and oxygen atoms in total. The SMILES string of the molecule is O=S1(=O)CC[C@@H](N2CCC(NS(=O)(=O)c3ccccc3Cl)CC2)C1. The van der Waals surface area contributed by atoms with Crippen LogP contribution in [0.1, 0.15) is 19.3 Å². The second kappa shape index (κ2) is 6.92. The fraction of sp³-hybridized carbons (Fsp3) is 0.600. The number of nitrogens with one attached hydrogen (secondary N) is 1. The molecule has 1 aromatic carbocycles. The van der Waals surface area contributed by atoms with E-state index in [4.69, 9.17) is 11.6 Å². The number of likely N-dealkylation sites (tertiary alicyclic amines) is 1. The molecule has 2 heterocycles. The first-order chi connectivity index (χ1) is 11.3. The highest BCUT2D eigenvalue weighted by Crippen LogP contribution is 2.24. The number of rotatable bonds is 4. The minimum Gasteiger partial charge on any atom is -0.299 e. The van der Waals surface area contributed by atoms with Gasteiger partial charge in [0.2, 0.25) is 10.0 Å². The third-order valence-corrected chi connectivity index (χ3v) is 8.47. The summed E-state index contributed by atoms with van der Waals surface area (Å²) in [5, 5.41) is 0.207. The molecule has 1 atom stereocenters. The zero-order valence-electron chi connectivity index (χ0n) is 13.2. The Labute approximate surface area is 148 Å². The molecule has 1 N–H and O–H groups in total. The molecule has 0 radical (unpaired) electrons. The first-order valence-corrected chi connectivity index (χ1v) is 11.7. The molecule has 0 saturated carbocycles. The highest BCUT2D eigenvalue weighted by molar-refractivity contribution is 7.91. The lowest BCUT2D eigenvalue weighted by molar-refractivity contribution is 0.161. The quantitative estimate of drug-likeness (QED) is 0.834. The van der Waals surface area contributed by atoms with Gasteiger partial charge in [0.15, 0.2) is 9.84 Å². The van der Waals surface area contributed by atoms with E-state index in [1.165, 1.54) is 6.07 Å². The van der Waals surface area contributed by atoms with Crippen LogP contribution in [0.4, 0.5) is 0 Å². The maximum absolute atomic E-state index is 12.5. The largest absolute Gasteiger partial charge is 0.299 e. The highest BCUT2D eigenvalue weighted by Gasteiger charge is 2.34. The maximum atomic E-state index is 12.5. The summed E-state index contributed by atoms with van der Waals surface area (Å²) >= 11 is 5.98. The number of halogens is 1. The summed E-state index contributed by atoms with van der Waals surface area (Å²) in [4.78, 5) is 2.26. The Morgan fingerprint density at radius 2 is 1.79 bits per heavy atom. The van der Waals surface area contributed by atoms with Gasteiger partial charge in [0.25, 0.3) is 0 Å². The van der Waals surface area contributed by atoms with Gasteiger partial charge in [-0.05, 0) is 44.5 Å². The summed E-state index contributed by atoms with van der Waals surface area (Å²) in [5.74, 6) is 0.486. The van der Waals surface area contributed by atoms with E-state index in [-0.39, 0.29) is 33.5 Å². The fourth-order valence-corrected chi connectivity index (χ4v) is 6.98. The predicted octanol–water partition coefficient (Wildman–Crippen LogP) is 1.27. The predicted molar refractivity (Wildman–Crippen MR) is 93.4 cm³/mol. The topological polar surface area (TPSA) is 83.6 Å². The number of benzene rings is 1. The van der Waals surface area contributed by atoms with Gasteiger partial charge in [-0.25, -0.2) is 21.6 Å². The first kappa shape index (κ1) is 18.1. The van der Waals surface area contributed by atoms with Crippen LogP contribution in [0.5, 0.6) is 0 Å². The Morgan fingerprint density at radius 1 is 1.12 bits per heavy atom. The van der Waals surface area contributed by atoms with Crippen LogP contribution < -0.4 is 4.72 Å². The van der Waals surface area contributed by atoms with Gasteiger partial charge < -0.3 is 0 Å². The minimum atomic E-state index is -3.64. The van der Waals surface area contributed by atoms with Crippen molar-refractivity contribution in [2.45, 2.75) is 36.2 Å². The zero-order valence-corrected chi connectivity index (χ0v) is 15.6. The zero-order chi connectivity index (χ0) is 17.4. The third kappa shape index (κ3) is 4.11. The Balaban J connectivity index is 1.59. The Hall–Kier alpha value is -0.670. The van der Waals surface area contributed by atoms with E-state index in [1.807, 2.05) is 0 Å². The van der Waals surface area contributed by atoms with Gasteiger partial charge in [-0.1, -0.05) is 23.7 Å². The molecule has 0 spiro atoms. The van der Waals surface area contributed by atoms with Crippen molar-refractivity contribution in [3.63, 3.8) is 0 Å². The van der Waals surface area contributed by atoms with Crippen LogP contribution in [0, 0.1) is 0 Å². The van der Waals surface area contributed by atoms with Gasteiger partial charge in [0.1, 0.15) is 4.90 Å². The monoisotopic (exact) mass is 392 g/mol. The fourth-order valence-electron chi connectivity index (χ4n) is 3.39. The molecule has 9 heteroatoms. The van der Waals surface area contributed by atoms with E-state index < -0.39 is 19.9 Å². The van der Waals surface area contributed by atoms with E-state index in [0.717, 1.165) is 0 Å². The van der Waals surface area contributed by atoms with Gasteiger partial charge in [-0.2, -0.15) is 0 Å². The number of sulfone groups is 1. The summed E-state index contributed by atoms with van der Waals surface area (Å²) in [5.41, 5.74) is 0.